The van der Waals surface area contributed by atoms with Crippen molar-refractivity contribution < 1.29 is 14.3 Å². The average Bonchev–Trinajstić information content (AvgIpc) is 2.37. The molecule has 0 bridgehead atoms. The number of carbonyl (C=O) groups is 2. The van der Waals surface area contributed by atoms with Crippen molar-refractivity contribution in [3.05, 3.63) is 34.4 Å². The van der Waals surface area contributed by atoms with Crippen LogP contribution in [0.2, 0.25) is 0 Å². The van der Waals surface area contributed by atoms with E-state index in [2.05, 4.69) is 4.74 Å². The third-order valence-corrected chi connectivity index (χ3v) is 2.62. The van der Waals surface area contributed by atoms with Crippen LogP contribution in [0, 0.1) is 11.3 Å². The lowest BCUT2D eigenvalue weighted by Gasteiger charge is -2.11. The molecule has 0 amide bonds. The fourth-order valence-corrected chi connectivity index (χ4v) is 1.76. The Morgan fingerprint density at radius 1 is 1.47 bits per heavy atom. The van der Waals surface area contributed by atoms with Crippen LogP contribution in [0.5, 0.6) is 0 Å². The molecule has 1 rings (SSSR count). The molecule has 0 saturated heterocycles. The SMILES string of the molecule is CCc1c(C=O)ccc(C#N)c1CC(=O)OC. The fourth-order valence-electron chi connectivity index (χ4n) is 1.76. The lowest BCUT2D eigenvalue weighted by molar-refractivity contribution is -0.139. The van der Waals surface area contributed by atoms with Crippen molar-refractivity contribution in [3.8, 4) is 6.07 Å². The first-order valence-corrected chi connectivity index (χ1v) is 5.24. The van der Waals surface area contributed by atoms with Crippen LogP contribution in [0.25, 0.3) is 0 Å². The Labute approximate surface area is 99.8 Å². The molecule has 0 aliphatic carbocycles. The number of rotatable bonds is 4. The summed E-state index contributed by atoms with van der Waals surface area (Å²) in [5.41, 5.74) is 2.26. The van der Waals surface area contributed by atoms with Crippen LogP contribution in [-0.4, -0.2) is 19.4 Å². The van der Waals surface area contributed by atoms with Gasteiger partial charge in [0.2, 0.25) is 0 Å². The van der Waals surface area contributed by atoms with Crippen molar-refractivity contribution in [2.24, 2.45) is 0 Å². The van der Waals surface area contributed by atoms with Gasteiger partial charge in [-0.1, -0.05) is 13.0 Å². The van der Waals surface area contributed by atoms with Gasteiger partial charge < -0.3 is 4.74 Å². The van der Waals surface area contributed by atoms with E-state index in [0.29, 0.717) is 23.1 Å². The Bertz CT molecular complexity index is 486. The molecule has 1 aromatic carbocycles. The number of nitrogens with zero attached hydrogens (tertiary/aromatic N) is 1. The van der Waals surface area contributed by atoms with Crippen LogP contribution < -0.4 is 0 Å². The molecule has 0 fully saturated rings. The van der Waals surface area contributed by atoms with Crippen LogP contribution in [0.4, 0.5) is 0 Å². The van der Waals surface area contributed by atoms with Gasteiger partial charge in [0, 0.05) is 5.56 Å². The minimum atomic E-state index is -0.417. The first-order chi connectivity index (χ1) is 8.17. The molecule has 4 heteroatoms. The zero-order valence-electron chi connectivity index (χ0n) is 9.82. The number of benzene rings is 1. The standard InChI is InChI=1S/C13H13NO3/c1-3-11-10(8-15)5-4-9(7-14)12(11)6-13(16)17-2/h4-5,8H,3,6H2,1-2H3. The second-order valence-electron chi connectivity index (χ2n) is 3.50. The van der Waals surface area contributed by atoms with Gasteiger partial charge in [0.25, 0.3) is 0 Å². The van der Waals surface area contributed by atoms with Crippen molar-refractivity contribution in [2.75, 3.05) is 7.11 Å². The number of hydrogen-bond donors (Lipinski definition) is 0. The number of nitriles is 1. The van der Waals surface area contributed by atoms with E-state index in [9.17, 15) is 9.59 Å². The molecule has 0 radical (unpaired) electrons. The molecule has 1 aromatic rings. The Hall–Kier alpha value is -2.15. The number of esters is 1. The van der Waals surface area contributed by atoms with Gasteiger partial charge in [-0.3, -0.25) is 9.59 Å². The molecule has 0 aromatic heterocycles. The molecule has 0 aliphatic rings. The van der Waals surface area contributed by atoms with Gasteiger partial charge in [0.05, 0.1) is 25.2 Å². The molecule has 0 heterocycles. The van der Waals surface area contributed by atoms with Crippen LogP contribution in [0.1, 0.15) is 34.0 Å². The summed E-state index contributed by atoms with van der Waals surface area (Å²) in [5, 5.41) is 9.00. The number of aldehydes is 1. The van der Waals surface area contributed by atoms with Gasteiger partial charge in [-0.15, -0.1) is 0 Å². The largest absolute Gasteiger partial charge is 0.469 e. The predicted molar refractivity (Wildman–Crippen MR) is 61.6 cm³/mol. The van der Waals surface area contributed by atoms with Gasteiger partial charge in [-0.25, -0.2) is 0 Å². The maximum Gasteiger partial charge on any atom is 0.310 e. The predicted octanol–water partition coefficient (Wildman–Crippen LogP) is 1.65. The van der Waals surface area contributed by atoms with Crippen molar-refractivity contribution in [1.29, 1.82) is 5.26 Å². The highest BCUT2D eigenvalue weighted by Crippen LogP contribution is 2.20. The monoisotopic (exact) mass is 231 g/mol. The van der Waals surface area contributed by atoms with Crippen molar-refractivity contribution in [3.63, 3.8) is 0 Å². The first kappa shape index (κ1) is 12.9. The molecule has 0 atom stereocenters. The molecule has 0 saturated carbocycles. The molecule has 17 heavy (non-hydrogen) atoms. The third-order valence-electron chi connectivity index (χ3n) is 2.62. The second-order valence-corrected chi connectivity index (χ2v) is 3.50. The van der Waals surface area contributed by atoms with Crippen LogP contribution >= 0.6 is 0 Å². The fraction of sp³-hybridized carbons (Fsp3) is 0.308. The number of carbonyl (C=O) groups excluding carboxylic acids is 2. The van der Waals surface area contributed by atoms with E-state index < -0.39 is 5.97 Å². The topological polar surface area (TPSA) is 67.2 Å². The Kier molecular flexibility index (Phi) is 4.41. The highest BCUT2D eigenvalue weighted by molar-refractivity contribution is 5.81. The van der Waals surface area contributed by atoms with E-state index in [0.717, 1.165) is 11.8 Å². The van der Waals surface area contributed by atoms with Gasteiger partial charge in [0.1, 0.15) is 6.29 Å². The molecule has 88 valence electrons. The number of ether oxygens (including phenoxy) is 1. The van der Waals surface area contributed by atoms with Gasteiger partial charge in [-0.05, 0) is 23.6 Å². The van der Waals surface area contributed by atoms with Gasteiger partial charge in [-0.2, -0.15) is 5.26 Å². The summed E-state index contributed by atoms with van der Waals surface area (Å²) >= 11 is 0. The highest BCUT2D eigenvalue weighted by Gasteiger charge is 2.15. The summed E-state index contributed by atoms with van der Waals surface area (Å²) in [5.74, 6) is -0.417. The van der Waals surface area contributed by atoms with E-state index >= 15 is 0 Å². The van der Waals surface area contributed by atoms with E-state index in [1.54, 1.807) is 12.1 Å². The summed E-state index contributed by atoms with van der Waals surface area (Å²) in [6, 6.07) is 5.19. The van der Waals surface area contributed by atoms with Gasteiger partial charge in [0.15, 0.2) is 0 Å². The Morgan fingerprint density at radius 3 is 2.65 bits per heavy atom. The quantitative estimate of drug-likeness (QED) is 0.583. The zero-order valence-corrected chi connectivity index (χ0v) is 9.82. The van der Waals surface area contributed by atoms with Crippen molar-refractivity contribution in [1.82, 2.24) is 0 Å². The molecule has 0 N–H and O–H groups in total. The van der Waals surface area contributed by atoms with E-state index in [-0.39, 0.29) is 6.42 Å². The smallest absolute Gasteiger partial charge is 0.310 e. The molecular formula is C13H13NO3. The van der Waals surface area contributed by atoms with Crippen LogP contribution in [0.15, 0.2) is 12.1 Å². The number of hydrogen-bond acceptors (Lipinski definition) is 4. The van der Waals surface area contributed by atoms with E-state index in [1.807, 2.05) is 13.0 Å². The third kappa shape index (κ3) is 2.70. The average molecular weight is 231 g/mol. The minimum Gasteiger partial charge on any atom is -0.469 e. The normalized spacial score (nSPS) is 9.47. The van der Waals surface area contributed by atoms with Crippen LogP contribution in [0.3, 0.4) is 0 Å². The summed E-state index contributed by atoms with van der Waals surface area (Å²) < 4.78 is 4.59. The summed E-state index contributed by atoms with van der Waals surface area (Å²) in [6.45, 7) is 1.88. The molecule has 0 aliphatic heterocycles. The summed E-state index contributed by atoms with van der Waals surface area (Å²) in [4.78, 5) is 22.2. The number of methoxy groups -OCH3 is 1. The molecular weight excluding hydrogens is 218 g/mol. The first-order valence-electron chi connectivity index (χ1n) is 5.24. The lowest BCUT2D eigenvalue weighted by Crippen LogP contribution is -2.10. The maximum atomic E-state index is 11.3. The molecule has 0 unspecified atom stereocenters. The van der Waals surface area contributed by atoms with Crippen molar-refractivity contribution >= 4 is 12.3 Å². The summed E-state index contributed by atoms with van der Waals surface area (Å²) in [6.07, 6.45) is 1.35. The highest BCUT2D eigenvalue weighted by atomic mass is 16.5. The Balaban J connectivity index is 3.35. The zero-order chi connectivity index (χ0) is 12.8. The second kappa shape index (κ2) is 5.80. The van der Waals surface area contributed by atoms with Crippen molar-refractivity contribution in [2.45, 2.75) is 19.8 Å². The Morgan fingerprint density at radius 2 is 2.18 bits per heavy atom. The van der Waals surface area contributed by atoms with E-state index in [4.69, 9.17) is 5.26 Å². The van der Waals surface area contributed by atoms with E-state index in [1.165, 1.54) is 7.11 Å². The maximum absolute atomic E-state index is 11.3. The summed E-state index contributed by atoms with van der Waals surface area (Å²) in [7, 11) is 1.30. The lowest BCUT2D eigenvalue weighted by atomic mass is 9.93. The van der Waals surface area contributed by atoms with Gasteiger partial charge >= 0.3 is 5.97 Å². The molecule has 4 nitrogen and oxygen atoms in total. The van der Waals surface area contributed by atoms with Crippen LogP contribution in [-0.2, 0) is 22.4 Å². The molecule has 0 spiro atoms. The minimum absolute atomic E-state index is 0.0181.